The van der Waals surface area contributed by atoms with Crippen molar-refractivity contribution in [3.8, 4) is 0 Å². The van der Waals surface area contributed by atoms with E-state index in [1.807, 2.05) is 28.8 Å². The number of hydrogen-bond donors (Lipinski definition) is 2. The molecule has 2 aromatic carbocycles. The van der Waals surface area contributed by atoms with Crippen LogP contribution >= 0.6 is 0 Å². The van der Waals surface area contributed by atoms with Gasteiger partial charge in [0.1, 0.15) is 12.7 Å². The summed E-state index contributed by atoms with van der Waals surface area (Å²) in [6.07, 6.45) is 3.42. The van der Waals surface area contributed by atoms with E-state index in [1.54, 1.807) is 12.7 Å². The zero-order valence-corrected chi connectivity index (χ0v) is 13.1. The predicted octanol–water partition coefficient (Wildman–Crippen LogP) is 2.99. The molecule has 0 aliphatic rings. The van der Waals surface area contributed by atoms with Crippen LogP contribution in [-0.4, -0.2) is 19.9 Å². The average Bonchev–Trinajstić information content (AvgIpc) is 3.08. The van der Waals surface area contributed by atoms with Crippen LogP contribution < -0.4 is 5.32 Å². The van der Waals surface area contributed by atoms with Gasteiger partial charge in [-0.05, 0) is 35.7 Å². The van der Waals surface area contributed by atoms with Gasteiger partial charge in [-0.2, -0.15) is 0 Å². The second kappa shape index (κ2) is 7.07. The van der Waals surface area contributed by atoms with Crippen molar-refractivity contribution in [3.05, 3.63) is 77.9 Å². The van der Waals surface area contributed by atoms with Crippen LogP contribution in [0.25, 0.3) is 0 Å². The first kappa shape index (κ1) is 15.2. The Morgan fingerprint density at radius 1 is 1.04 bits per heavy atom. The maximum Gasteiger partial charge on any atom is 0.119 e. The minimum absolute atomic E-state index is 0.0645. The highest BCUT2D eigenvalue weighted by Crippen LogP contribution is 2.21. The summed E-state index contributed by atoms with van der Waals surface area (Å²) in [6, 6.07) is 16.5. The predicted molar refractivity (Wildman–Crippen MR) is 90.0 cm³/mol. The second-order valence-corrected chi connectivity index (χ2v) is 5.60. The summed E-state index contributed by atoms with van der Waals surface area (Å²) in [6.45, 7) is 2.93. The van der Waals surface area contributed by atoms with Gasteiger partial charge in [-0.25, -0.2) is 0 Å². The summed E-state index contributed by atoms with van der Waals surface area (Å²) < 4.78 is 1.94. The Hall–Kier alpha value is -2.66. The Balaban J connectivity index is 1.71. The molecular formula is C18H20N4O. The van der Waals surface area contributed by atoms with Crippen LogP contribution in [0.5, 0.6) is 0 Å². The molecule has 3 rings (SSSR count). The number of nitrogens with zero attached hydrogens (tertiary/aromatic N) is 3. The summed E-state index contributed by atoms with van der Waals surface area (Å²) in [5.41, 5.74) is 4.34. The summed E-state index contributed by atoms with van der Waals surface area (Å²) in [4.78, 5) is 0. The Bertz CT molecular complexity index is 755. The lowest BCUT2D eigenvalue weighted by Crippen LogP contribution is -2.07. The van der Waals surface area contributed by atoms with Gasteiger partial charge in [-0.15, -0.1) is 10.2 Å². The van der Waals surface area contributed by atoms with E-state index < -0.39 is 0 Å². The van der Waals surface area contributed by atoms with Crippen molar-refractivity contribution in [2.24, 2.45) is 0 Å². The van der Waals surface area contributed by atoms with Crippen molar-refractivity contribution < 1.29 is 5.11 Å². The number of nitrogens with one attached hydrogen (secondary N) is 1. The van der Waals surface area contributed by atoms with E-state index in [9.17, 15) is 5.11 Å². The third-order valence-corrected chi connectivity index (χ3v) is 3.78. The molecule has 0 aliphatic carbocycles. The number of anilines is 1. The summed E-state index contributed by atoms with van der Waals surface area (Å²) in [5.74, 6) is 0. The van der Waals surface area contributed by atoms with E-state index in [1.165, 1.54) is 5.56 Å². The summed E-state index contributed by atoms with van der Waals surface area (Å²) in [7, 11) is 0. The fourth-order valence-electron chi connectivity index (χ4n) is 2.57. The first-order valence-electron chi connectivity index (χ1n) is 7.62. The molecular weight excluding hydrogens is 288 g/mol. The third kappa shape index (κ3) is 3.96. The van der Waals surface area contributed by atoms with Gasteiger partial charge in [0.15, 0.2) is 0 Å². The number of aromatic nitrogens is 3. The molecule has 1 unspecified atom stereocenters. The van der Waals surface area contributed by atoms with Gasteiger partial charge in [-0.1, -0.05) is 36.4 Å². The van der Waals surface area contributed by atoms with Crippen molar-refractivity contribution in [1.82, 2.24) is 14.8 Å². The highest BCUT2D eigenvalue weighted by atomic mass is 16.3. The van der Waals surface area contributed by atoms with E-state index >= 15 is 0 Å². The lowest BCUT2D eigenvalue weighted by molar-refractivity contribution is 0.281. The molecule has 23 heavy (non-hydrogen) atoms. The SMILES string of the molecule is CC(Nc1cccc(Cn2cnnc2)c1)c1cccc(CO)c1. The van der Waals surface area contributed by atoms with Gasteiger partial charge in [0, 0.05) is 11.7 Å². The molecule has 118 valence electrons. The van der Waals surface area contributed by atoms with E-state index in [0.717, 1.165) is 23.4 Å². The van der Waals surface area contributed by atoms with E-state index in [2.05, 4.69) is 46.7 Å². The number of hydrogen-bond acceptors (Lipinski definition) is 4. The molecule has 1 aromatic heterocycles. The molecule has 0 amide bonds. The first-order chi connectivity index (χ1) is 11.2. The average molecular weight is 308 g/mol. The minimum Gasteiger partial charge on any atom is -0.392 e. The molecule has 0 saturated heterocycles. The Morgan fingerprint density at radius 2 is 1.78 bits per heavy atom. The number of benzene rings is 2. The van der Waals surface area contributed by atoms with Gasteiger partial charge >= 0.3 is 0 Å². The van der Waals surface area contributed by atoms with Crippen LogP contribution in [0.15, 0.2) is 61.2 Å². The fraction of sp³-hybridized carbons (Fsp3) is 0.222. The van der Waals surface area contributed by atoms with Crippen LogP contribution in [-0.2, 0) is 13.2 Å². The Labute approximate surface area is 135 Å². The molecule has 5 heteroatoms. The molecule has 3 aromatic rings. The van der Waals surface area contributed by atoms with Gasteiger partial charge in [0.25, 0.3) is 0 Å². The number of aliphatic hydroxyl groups is 1. The van der Waals surface area contributed by atoms with Crippen molar-refractivity contribution in [2.75, 3.05) is 5.32 Å². The minimum atomic E-state index is 0.0645. The van der Waals surface area contributed by atoms with Gasteiger partial charge in [0.2, 0.25) is 0 Å². The third-order valence-electron chi connectivity index (χ3n) is 3.78. The number of aliphatic hydroxyl groups excluding tert-OH is 1. The van der Waals surface area contributed by atoms with E-state index in [-0.39, 0.29) is 12.6 Å². The van der Waals surface area contributed by atoms with Gasteiger partial charge in [0.05, 0.1) is 13.2 Å². The highest BCUT2D eigenvalue weighted by Gasteiger charge is 2.06. The van der Waals surface area contributed by atoms with Crippen LogP contribution in [0.3, 0.4) is 0 Å². The molecule has 2 N–H and O–H groups in total. The van der Waals surface area contributed by atoms with Crippen LogP contribution in [0.2, 0.25) is 0 Å². The van der Waals surface area contributed by atoms with Crippen molar-refractivity contribution in [2.45, 2.75) is 26.1 Å². The maximum atomic E-state index is 9.26. The highest BCUT2D eigenvalue weighted by molar-refractivity contribution is 5.48. The topological polar surface area (TPSA) is 63.0 Å². The normalized spacial score (nSPS) is 12.1. The molecule has 1 heterocycles. The number of rotatable bonds is 6. The lowest BCUT2D eigenvalue weighted by atomic mass is 10.0. The molecule has 0 bridgehead atoms. The van der Waals surface area contributed by atoms with Crippen LogP contribution in [0, 0.1) is 0 Å². The molecule has 0 radical (unpaired) electrons. The molecule has 0 saturated carbocycles. The lowest BCUT2D eigenvalue weighted by Gasteiger charge is -2.17. The van der Waals surface area contributed by atoms with E-state index in [4.69, 9.17) is 0 Å². The largest absolute Gasteiger partial charge is 0.392 e. The molecule has 5 nitrogen and oxygen atoms in total. The monoisotopic (exact) mass is 308 g/mol. The standard InChI is InChI=1S/C18H20N4O/c1-14(17-6-2-5-16(8-17)11-23)21-18-7-3-4-15(9-18)10-22-12-19-20-13-22/h2-9,12-14,21,23H,10-11H2,1H3. The summed E-state index contributed by atoms with van der Waals surface area (Å²) >= 11 is 0. The second-order valence-electron chi connectivity index (χ2n) is 5.60. The molecule has 0 aliphatic heterocycles. The van der Waals surface area contributed by atoms with Crippen molar-refractivity contribution >= 4 is 5.69 Å². The fourth-order valence-corrected chi connectivity index (χ4v) is 2.57. The van der Waals surface area contributed by atoms with Crippen LogP contribution in [0.1, 0.15) is 29.7 Å². The smallest absolute Gasteiger partial charge is 0.119 e. The zero-order chi connectivity index (χ0) is 16.1. The van der Waals surface area contributed by atoms with E-state index in [0.29, 0.717) is 0 Å². The zero-order valence-electron chi connectivity index (χ0n) is 13.1. The van der Waals surface area contributed by atoms with Crippen molar-refractivity contribution in [1.29, 1.82) is 0 Å². The maximum absolute atomic E-state index is 9.26. The first-order valence-corrected chi connectivity index (χ1v) is 7.62. The van der Waals surface area contributed by atoms with Crippen LogP contribution in [0.4, 0.5) is 5.69 Å². The molecule has 1 atom stereocenters. The Morgan fingerprint density at radius 3 is 2.57 bits per heavy atom. The summed E-state index contributed by atoms with van der Waals surface area (Å²) in [5, 5.41) is 20.4. The molecule has 0 spiro atoms. The van der Waals surface area contributed by atoms with Gasteiger partial charge < -0.3 is 15.0 Å². The van der Waals surface area contributed by atoms with Crippen molar-refractivity contribution in [3.63, 3.8) is 0 Å². The van der Waals surface area contributed by atoms with Gasteiger partial charge in [-0.3, -0.25) is 0 Å². The molecule has 0 fully saturated rings. The quantitative estimate of drug-likeness (QED) is 0.735. The Kier molecular flexibility index (Phi) is 4.68.